The number of nitrogens with one attached hydrogen (secondary N) is 2. The van der Waals surface area contributed by atoms with Crippen LogP contribution in [0.3, 0.4) is 0 Å². The average Bonchev–Trinajstić information content (AvgIpc) is 3.37. The van der Waals surface area contributed by atoms with E-state index in [-0.39, 0.29) is 24.1 Å². The zero-order valence-electron chi connectivity index (χ0n) is 24.7. The van der Waals surface area contributed by atoms with Crippen LogP contribution >= 0.6 is 0 Å². The lowest BCUT2D eigenvalue weighted by Gasteiger charge is -2.31. The Bertz CT molecular complexity index is 1450. The Morgan fingerprint density at radius 3 is 2.45 bits per heavy atom. The lowest BCUT2D eigenvalue weighted by Crippen LogP contribution is -2.48. The molecular weight excluding hydrogens is 534 g/mol. The highest BCUT2D eigenvalue weighted by molar-refractivity contribution is 6.03. The highest BCUT2D eigenvalue weighted by Gasteiger charge is 2.31. The first kappa shape index (κ1) is 29.2. The number of fused-ring (bicyclic) bond motifs is 3. The number of benzene rings is 2. The van der Waals surface area contributed by atoms with Crippen molar-refractivity contribution in [2.75, 3.05) is 44.7 Å². The minimum Gasteiger partial charge on any atom is -0.444 e. The number of piperazine rings is 1. The van der Waals surface area contributed by atoms with Gasteiger partial charge in [0.2, 0.25) is 0 Å². The lowest BCUT2D eigenvalue weighted by atomic mass is 9.94. The van der Waals surface area contributed by atoms with Gasteiger partial charge >= 0.3 is 18.2 Å². The van der Waals surface area contributed by atoms with Crippen molar-refractivity contribution >= 4 is 34.7 Å². The standard InChI is InChI=1S/C32H39N5O5/c1-6-21-19-22(33-30(39)42-32(2,3)4)11-12-26(21)34-29(38)37-14-13-24-23-9-7-8-10-25(23)28(20-27(24)37)41-31(40)36-17-15-35(5)16-18-36/h6-12,19-21,26H,1,13-18H2,2-5H3,(H,33,39)(H,34,38). The summed E-state index contributed by atoms with van der Waals surface area (Å²) in [5.41, 5.74) is 1.73. The molecule has 10 heteroatoms. The van der Waals surface area contributed by atoms with E-state index in [0.717, 1.165) is 35.1 Å². The molecule has 2 heterocycles. The maximum Gasteiger partial charge on any atom is 0.415 e. The van der Waals surface area contributed by atoms with E-state index in [1.807, 2.05) is 49.5 Å². The summed E-state index contributed by atoms with van der Waals surface area (Å²) in [6.45, 7) is 12.6. The van der Waals surface area contributed by atoms with Crippen LogP contribution < -0.4 is 20.3 Å². The third-order valence-corrected chi connectivity index (χ3v) is 7.65. The van der Waals surface area contributed by atoms with Crippen molar-refractivity contribution in [3.05, 3.63) is 72.5 Å². The van der Waals surface area contributed by atoms with Crippen molar-refractivity contribution < 1.29 is 23.9 Å². The second-order valence-corrected chi connectivity index (χ2v) is 11.9. The maximum atomic E-state index is 13.6. The van der Waals surface area contributed by atoms with Crippen LogP contribution in [0, 0.1) is 5.92 Å². The molecule has 1 saturated heterocycles. The zero-order chi connectivity index (χ0) is 30.0. The number of allylic oxidation sites excluding steroid dienone is 1. The fourth-order valence-corrected chi connectivity index (χ4v) is 5.47. The summed E-state index contributed by atoms with van der Waals surface area (Å²) in [7, 11) is 2.03. The van der Waals surface area contributed by atoms with Gasteiger partial charge in [-0.25, -0.2) is 14.4 Å². The Labute approximate surface area is 246 Å². The van der Waals surface area contributed by atoms with Crippen LogP contribution in [-0.4, -0.2) is 79.4 Å². The Morgan fingerprint density at radius 2 is 1.76 bits per heavy atom. The summed E-state index contributed by atoms with van der Waals surface area (Å²) >= 11 is 0. The van der Waals surface area contributed by atoms with Gasteiger partial charge in [-0.15, -0.1) is 6.58 Å². The first-order valence-electron chi connectivity index (χ1n) is 14.3. The molecule has 0 spiro atoms. The molecule has 2 atom stereocenters. The van der Waals surface area contributed by atoms with Crippen LogP contribution in [0.1, 0.15) is 26.3 Å². The Morgan fingerprint density at radius 1 is 1.05 bits per heavy atom. The molecule has 5 rings (SSSR count). The summed E-state index contributed by atoms with van der Waals surface area (Å²) in [5, 5.41) is 7.65. The smallest absolute Gasteiger partial charge is 0.415 e. The summed E-state index contributed by atoms with van der Waals surface area (Å²) in [6, 6.07) is 9.01. The SMILES string of the molecule is C=CC1C=C(NC(=O)OC(C)(C)C)C=CC1NC(=O)N1CCc2c1cc(OC(=O)N1CCN(C)CC1)c1ccccc21. The highest BCUT2D eigenvalue weighted by atomic mass is 16.6. The van der Waals surface area contributed by atoms with Crippen molar-refractivity contribution in [1.82, 2.24) is 20.4 Å². The zero-order valence-corrected chi connectivity index (χ0v) is 24.7. The van der Waals surface area contributed by atoms with Crippen LogP contribution in [0.4, 0.5) is 20.1 Å². The number of likely N-dealkylation sites (N-methyl/N-ethyl adjacent to an activating group) is 1. The average molecular weight is 574 g/mol. The summed E-state index contributed by atoms with van der Waals surface area (Å²) in [5.74, 6) is 0.193. The van der Waals surface area contributed by atoms with Gasteiger partial charge in [0.1, 0.15) is 11.4 Å². The van der Waals surface area contributed by atoms with Crippen molar-refractivity contribution in [3.8, 4) is 5.75 Å². The van der Waals surface area contributed by atoms with Gasteiger partial charge in [-0.1, -0.05) is 42.5 Å². The van der Waals surface area contributed by atoms with Crippen LogP contribution in [0.2, 0.25) is 0 Å². The van der Waals surface area contributed by atoms with E-state index in [4.69, 9.17) is 9.47 Å². The van der Waals surface area contributed by atoms with Gasteiger partial charge in [0.05, 0.1) is 11.7 Å². The van der Waals surface area contributed by atoms with Crippen molar-refractivity contribution in [1.29, 1.82) is 0 Å². The summed E-state index contributed by atoms with van der Waals surface area (Å²) < 4.78 is 11.3. The van der Waals surface area contributed by atoms with Crippen molar-refractivity contribution in [2.24, 2.45) is 5.92 Å². The van der Waals surface area contributed by atoms with E-state index in [2.05, 4.69) is 22.1 Å². The number of carbonyl (C=O) groups is 3. The van der Waals surface area contributed by atoms with Gasteiger partial charge in [-0.3, -0.25) is 10.2 Å². The molecule has 2 aromatic rings. The highest BCUT2D eigenvalue weighted by Crippen LogP contribution is 2.40. The Balaban J connectivity index is 1.32. The van der Waals surface area contributed by atoms with Crippen LogP contribution in [-0.2, 0) is 11.2 Å². The number of hydrogen-bond acceptors (Lipinski definition) is 6. The maximum absolute atomic E-state index is 13.6. The fraction of sp³-hybridized carbons (Fsp3) is 0.406. The monoisotopic (exact) mass is 573 g/mol. The molecule has 4 amide bonds. The molecule has 2 N–H and O–H groups in total. The quantitative estimate of drug-likeness (QED) is 0.509. The number of carbonyl (C=O) groups excluding carboxylic acids is 3. The van der Waals surface area contributed by atoms with E-state index in [1.165, 1.54) is 0 Å². The first-order chi connectivity index (χ1) is 20.0. The largest absolute Gasteiger partial charge is 0.444 e. The molecule has 1 aliphatic carbocycles. The van der Waals surface area contributed by atoms with Gasteiger partial charge in [0.25, 0.3) is 0 Å². The van der Waals surface area contributed by atoms with Gasteiger partial charge < -0.3 is 24.6 Å². The molecular formula is C32H39N5O5. The fourth-order valence-electron chi connectivity index (χ4n) is 5.47. The van der Waals surface area contributed by atoms with Gasteiger partial charge in [0, 0.05) is 55.8 Å². The van der Waals surface area contributed by atoms with E-state index in [0.29, 0.717) is 37.5 Å². The van der Waals surface area contributed by atoms with Crippen LogP contribution in [0.5, 0.6) is 5.75 Å². The molecule has 2 aromatic carbocycles. The van der Waals surface area contributed by atoms with E-state index in [9.17, 15) is 14.4 Å². The van der Waals surface area contributed by atoms with Crippen molar-refractivity contribution in [2.45, 2.75) is 38.8 Å². The molecule has 0 radical (unpaired) electrons. The summed E-state index contributed by atoms with van der Waals surface area (Å²) in [6.07, 6.45) is 6.90. The van der Waals surface area contributed by atoms with Gasteiger partial charge in [-0.05, 0) is 51.3 Å². The van der Waals surface area contributed by atoms with Crippen LogP contribution in [0.25, 0.3) is 10.8 Å². The lowest BCUT2D eigenvalue weighted by molar-refractivity contribution is 0.0547. The van der Waals surface area contributed by atoms with Gasteiger partial charge in [0.15, 0.2) is 0 Å². The molecule has 2 unspecified atom stereocenters. The third kappa shape index (κ3) is 6.44. The van der Waals surface area contributed by atoms with Crippen LogP contribution in [0.15, 0.2) is 66.9 Å². The number of rotatable bonds is 4. The summed E-state index contributed by atoms with van der Waals surface area (Å²) in [4.78, 5) is 44.5. The Kier molecular flexibility index (Phi) is 8.27. The predicted molar refractivity (Wildman–Crippen MR) is 163 cm³/mol. The topological polar surface area (TPSA) is 103 Å². The molecule has 222 valence electrons. The molecule has 10 nitrogen and oxygen atoms in total. The van der Waals surface area contributed by atoms with Crippen molar-refractivity contribution in [3.63, 3.8) is 0 Å². The normalized spacial score (nSPS) is 20.5. The number of nitrogens with zero attached hydrogens (tertiary/aromatic N) is 3. The number of alkyl carbamates (subject to hydrolysis) is 1. The number of amides is 4. The molecule has 0 saturated carbocycles. The minimum absolute atomic E-state index is 0.248. The number of urea groups is 1. The minimum atomic E-state index is -0.614. The van der Waals surface area contributed by atoms with E-state index >= 15 is 0 Å². The molecule has 1 fully saturated rings. The van der Waals surface area contributed by atoms with E-state index < -0.39 is 11.7 Å². The van der Waals surface area contributed by atoms with E-state index in [1.54, 1.807) is 42.7 Å². The second kappa shape index (κ2) is 11.9. The number of anilines is 1. The van der Waals surface area contributed by atoms with Gasteiger partial charge in [-0.2, -0.15) is 0 Å². The molecule has 42 heavy (non-hydrogen) atoms. The predicted octanol–water partition coefficient (Wildman–Crippen LogP) is 4.81. The number of hydrogen-bond donors (Lipinski definition) is 2. The second-order valence-electron chi connectivity index (χ2n) is 11.9. The molecule has 0 bridgehead atoms. The molecule has 3 aliphatic rings. The molecule has 2 aliphatic heterocycles. The number of ether oxygens (including phenoxy) is 2. The Hall–Kier alpha value is -4.31. The third-order valence-electron chi connectivity index (χ3n) is 7.65. The first-order valence-corrected chi connectivity index (χ1v) is 14.3. The molecule has 0 aromatic heterocycles.